The third-order valence-corrected chi connectivity index (χ3v) is 3.26. The van der Waals surface area contributed by atoms with Gasteiger partial charge in [0, 0.05) is 15.5 Å². The fourth-order valence-corrected chi connectivity index (χ4v) is 2.26. The van der Waals surface area contributed by atoms with E-state index >= 15 is 0 Å². The third-order valence-electron chi connectivity index (χ3n) is 2.28. The second-order valence-electron chi connectivity index (χ2n) is 3.58. The third kappa shape index (κ3) is 2.55. The molecular weight excluding hydrogens is 221 g/mol. The van der Waals surface area contributed by atoms with E-state index in [0.717, 1.165) is 21.0 Å². The van der Waals surface area contributed by atoms with E-state index in [4.69, 9.17) is 5.73 Å². The molecular formula is C13H12FNS. The zero-order valence-corrected chi connectivity index (χ0v) is 9.72. The minimum absolute atomic E-state index is 0.218. The van der Waals surface area contributed by atoms with Crippen LogP contribution in [0.5, 0.6) is 0 Å². The highest BCUT2D eigenvalue weighted by atomic mass is 32.2. The van der Waals surface area contributed by atoms with Crippen molar-refractivity contribution in [1.82, 2.24) is 0 Å². The molecule has 0 aliphatic heterocycles. The molecule has 0 fully saturated rings. The standard InChI is InChI=1S/C13H12FNS/c1-9-5-6-12(8-13(9)15)16-11-4-2-3-10(14)7-11/h2-8H,15H2,1H3. The monoisotopic (exact) mass is 233 g/mol. The van der Waals surface area contributed by atoms with Crippen molar-refractivity contribution in [2.45, 2.75) is 16.7 Å². The lowest BCUT2D eigenvalue weighted by Crippen LogP contribution is -1.88. The average Bonchev–Trinajstić information content (AvgIpc) is 2.24. The summed E-state index contributed by atoms with van der Waals surface area (Å²) in [6.45, 7) is 1.96. The van der Waals surface area contributed by atoms with Crippen LogP contribution in [0.1, 0.15) is 5.56 Å². The van der Waals surface area contributed by atoms with Crippen molar-refractivity contribution in [2.75, 3.05) is 5.73 Å². The molecule has 2 N–H and O–H groups in total. The van der Waals surface area contributed by atoms with E-state index in [2.05, 4.69) is 0 Å². The Labute approximate surface area is 98.5 Å². The van der Waals surface area contributed by atoms with E-state index < -0.39 is 0 Å². The lowest BCUT2D eigenvalue weighted by Gasteiger charge is -2.04. The molecule has 2 rings (SSSR count). The SMILES string of the molecule is Cc1ccc(Sc2cccc(F)c2)cc1N. The Bertz CT molecular complexity index is 511. The number of nitrogen functional groups attached to an aromatic ring is 1. The Morgan fingerprint density at radius 2 is 1.81 bits per heavy atom. The van der Waals surface area contributed by atoms with Crippen LogP contribution in [0.4, 0.5) is 10.1 Å². The largest absolute Gasteiger partial charge is 0.398 e. The molecule has 0 aromatic heterocycles. The smallest absolute Gasteiger partial charge is 0.124 e. The van der Waals surface area contributed by atoms with Crippen LogP contribution in [-0.4, -0.2) is 0 Å². The zero-order valence-electron chi connectivity index (χ0n) is 8.91. The molecule has 0 aliphatic carbocycles. The van der Waals surface area contributed by atoms with Crippen LogP contribution in [0.3, 0.4) is 0 Å². The molecule has 0 spiro atoms. The molecule has 0 bridgehead atoms. The fraction of sp³-hybridized carbons (Fsp3) is 0.0769. The fourth-order valence-electron chi connectivity index (χ4n) is 1.35. The van der Waals surface area contributed by atoms with Crippen LogP contribution in [0, 0.1) is 12.7 Å². The lowest BCUT2D eigenvalue weighted by atomic mass is 10.2. The minimum Gasteiger partial charge on any atom is -0.398 e. The molecule has 1 nitrogen and oxygen atoms in total. The number of benzene rings is 2. The van der Waals surface area contributed by atoms with Crippen LogP contribution in [-0.2, 0) is 0 Å². The van der Waals surface area contributed by atoms with Gasteiger partial charge >= 0.3 is 0 Å². The molecule has 0 aliphatic rings. The highest BCUT2D eigenvalue weighted by molar-refractivity contribution is 7.99. The number of hydrogen-bond acceptors (Lipinski definition) is 2. The van der Waals surface area contributed by atoms with Crippen molar-refractivity contribution in [3.8, 4) is 0 Å². The first-order valence-corrected chi connectivity index (χ1v) is 5.76. The molecule has 0 radical (unpaired) electrons. The molecule has 0 heterocycles. The summed E-state index contributed by atoms with van der Waals surface area (Å²) in [5.41, 5.74) is 7.64. The number of anilines is 1. The first-order chi connectivity index (χ1) is 7.65. The average molecular weight is 233 g/mol. The predicted molar refractivity (Wildman–Crippen MR) is 66.1 cm³/mol. The molecule has 2 aromatic carbocycles. The highest BCUT2D eigenvalue weighted by Gasteiger charge is 2.00. The quantitative estimate of drug-likeness (QED) is 0.797. The molecule has 3 heteroatoms. The molecule has 0 unspecified atom stereocenters. The van der Waals surface area contributed by atoms with Crippen molar-refractivity contribution in [3.63, 3.8) is 0 Å². The molecule has 0 atom stereocenters. The molecule has 82 valence electrons. The van der Waals surface area contributed by atoms with Crippen LogP contribution < -0.4 is 5.73 Å². The molecule has 16 heavy (non-hydrogen) atoms. The van der Waals surface area contributed by atoms with Gasteiger partial charge in [0.2, 0.25) is 0 Å². The molecule has 0 saturated carbocycles. The Balaban J connectivity index is 2.24. The van der Waals surface area contributed by atoms with E-state index in [9.17, 15) is 4.39 Å². The zero-order chi connectivity index (χ0) is 11.5. The minimum atomic E-state index is -0.218. The van der Waals surface area contributed by atoms with Crippen LogP contribution in [0.25, 0.3) is 0 Å². The van der Waals surface area contributed by atoms with E-state index in [0.29, 0.717) is 0 Å². The van der Waals surface area contributed by atoms with Gasteiger partial charge in [-0.05, 0) is 42.8 Å². The number of hydrogen-bond donors (Lipinski definition) is 1. The summed E-state index contributed by atoms with van der Waals surface area (Å²) in [6, 6.07) is 12.4. The second-order valence-corrected chi connectivity index (χ2v) is 4.72. The van der Waals surface area contributed by atoms with Gasteiger partial charge in [-0.3, -0.25) is 0 Å². The lowest BCUT2D eigenvalue weighted by molar-refractivity contribution is 0.624. The molecule has 0 amide bonds. The van der Waals surface area contributed by atoms with E-state index in [-0.39, 0.29) is 5.82 Å². The highest BCUT2D eigenvalue weighted by Crippen LogP contribution is 2.30. The number of rotatable bonds is 2. The molecule has 0 saturated heterocycles. The van der Waals surface area contributed by atoms with Gasteiger partial charge in [0.1, 0.15) is 5.82 Å². The Kier molecular flexibility index (Phi) is 3.15. The topological polar surface area (TPSA) is 26.0 Å². The second kappa shape index (κ2) is 4.58. The van der Waals surface area contributed by atoms with Crippen molar-refractivity contribution < 1.29 is 4.39 Å². The van der Waals surface area contributed by atoms with E-state index in [1.54, 1.807) is 6.07 Å². The van der Waals surface area contributed by atoms with Gasteiger partial charge in [-0.1, -0.05) is 23.9 Å². The summed E-state index contributed by atoms with van der Waals surface area (Å²) in [4.78, 5) is 1.90. The van der Waals surface area contributed by atoms with Crippen molar-refractivity contribution in [3.05, 3.63) is 53.8 Å². The number of halogens is 1. The molecule has 2 aromatic rings. The van der Waals surface area contributed by atoms with E-state index in [1.165, 1.54) is 23.9 Å². The van der Waals surface area contributed by atoms with Gasteiger partial charge in [-0.15, -0.1) is 0 Å². The van der Waals surface area contributed by atoms with Gasteiger partial charge in [0.05, 0.1) is 0 Å². The van der Waals surface area contributed by atoms with Gasteiger partial charge in [0.25, 0.3) is 0 Å². The summed E-state index contributed by atoms with van der Waals surface area (Å²) in [7, 11) is 0. The maximum Gasteiger partial charge on any atom is 0.124 e. The van der Waals surface area contributed by atoms with Gasteiger partial charge in [-0.2, -0.15) is 0 Å². The first kappa shape index (κ1) is 11.0. The predicted octanol–water partition coefficient (Wildman–Crippen LogP) is 3.87. The summed E-state index contributed by atoms with van der Waals surface area (Å²) < 4.78 is 13.0. The van der Waals surface area contributed by atoms with Crippen molar-refractivity contribution >= 4 is 17.4 Å². The van der Waals surface area contributed by atoms with Gasteiger partial charge in [-0.25, -0.2) is 4.39 Å². The Hall–Kier alpha value is -1.48. The number of nitrogens with two attached hydrogens (primary N) is 1. The van der Waals surface area contributed by atoms with Gasteiger partial charge in [0.15, 0.2) is 0 Å². The Morgan fingerprint density at radius 3 is 2.50 bits per heavy atom. The van der Waals surface area contributed by atoms with Crippen molar-refractivity contribution in [2.24, 2.45) is 0 Å². The van der Waals surface area contributed by atoms with Crippen molar-refractivity contribution in [1.29, 1.82) is 0 Å². The van der Waals surface area contributed by atoms with Crippen LogP contribution >= 0.6 is 11.8 Å². The summed E-state index contributed by atoms with van der Waals surface area (Å²) >= 11 is 1.50. The number of aryl methyl sites for hydroxylation is 1. The summed E-state index contributed by atoms with van der Waals surface area (Å²) in [6.07, 6.45) is 0. The maximum atomic E-state index is 13.0. The Morgan fingerprint density at radius 1 is 1.06 bits per heavy atom. The normalized spacial score (nSPS) is 10.4. The van der Waals surface area contributed by atoms with Gasteiger partial charge < -0.3 is 5.73 Å². The maximum absolute atomic E-state index is 13.0. The summed E-state index contributed by atoms with van der Waals surface area (Å²) in [5.74, 6) is -0.218. The van der Waals surface area contributed by atoms with E-state index in [1.807, 2.05) is 31.2 Å². The summed E-state index contributed by atoms with van der Waals surface area (Å²) in [5, 5.41) is 0. The van der Waals surface area contributed by atoms with Crippen LogP contribution in [0.2, 0.25) is 0 Å². The van der Waals surface area contributed by atoms with Crippen LogP contribution in [0.15, 0.2) is 52.3 Å². The first-order valence-electron chi connectivity index (χ1n) is 4.95.